The first-order chi connectivity index (χ1) is 16.5. The molecule has 0 saturated carbocycles. The summed E-state index contributed by atoms with van der Waals surface area (Å²) in [7, 11) is 1.65. The average Bonchev–Trinajstić information content (AvgIpc) is 2.89. The number of carbonyl (C=O) groups excluding carboxylic acids is 1. The summed E-state index contributed by atoms with van der Waals surface area (Å²) in [4.78, 5) is 30.4. The summed E-state index contributed by atoms with van der Waals surface area (Å²) in [5, 5.41) is 1.20. The third-order valence-electron chi connectivity index (χ3n) is 6.38. The molecule has 0 atom stereocenters. The van der Waals surface area contributed by atoms with Crippen molar-refractivity contribution in [3.05, 3.63) is 94.5 Å². The molecule has 1 fully saturated rings. The maximum absolute atomic E-state index is 13.6. The second-order valence-corrected chi connectivity index (χ2v) is 8.48. The van der Waals surface area contributed by atoms with Gasteiger partial charge in [0.2, 0.25) is 5.76 Å². The van der Waals surface area contributed by atoms with E-state index in [1.165, 1.54) is 0 Å². The summed E-state index contributed by atoms with van der Waals surface area (Å²) < 4.78 is 10.9. The van der Waals surface area contributed by atoms with E-state index in [0.29, 0.717) is 37.1 Å². The number of benzene rings is 3. The predicted molar refractivity (Wildman–Crippen MR) is 134 cm³/mol. The van der Waals surface area contributed by atoms with Gasteiger partial charge in [-0.2, -0.15) is 0 Å². The largest absolute Gasteiger partial charge is 0.497 e. The Morgan fingerprint density at radius 3 is 2.15 bits per heavy atom. The van der Waals surface area contributed by atoms with Gasteiger partial charge in [0.25, 0.3) is 5.91 Å². The number of nitrogens with zero attached hydrogens (tertiary/aromatic N) is 2. The SMILES string of the molecule is COc1ccc(N2CCN(C(=O)c3oc(=O)c4ccccc4c3-c3ccc(C)cc3)CC2)cc1. The molecule has 1 aliphatic heterocycles. The number of piperazine rings is 1. The number of hydrogen-bond donors (Lipinski definition) is 0. The maximum atomic E-state index is 13.6. The van der Waals surface area contributed by atoms with Gasteiger partial charge in [-0.3, -0.25) is 4.79 Å². The van der Waals surface area contributed by atoms with Gasteiger partial charge in [0.15, 0.2) is 0 Å². The Kier molecular flexibility index (Phi) is 5.80. The van der Waals surface area contributed by atoms with Crippen molar-refractivity contribution < 1.29 is 13.9 Å². The minimum absolute atomic E-state index is 0.102. The topological polar surface area (TPSA) is 63.0 Å². The fourth-order valence-electron chi connectivity index (χ4n) is 4.46. The molecule has 1 aliphatic rings. The number of anilines is 1. The van der Waals surface area contributed by atoms with E-state index in [9.17, 15) is 9.59 Å². The van der Waals surface area contributed by atoms with E-state index >= 15 is 0 Å². The number of ether oxygens (including phenoxy) is 1. The summed E-state index contributed by atoms with van der Waals surface area (Å²) in [6.45, 7) is 4.47. The van der Waals surface area contributed by atoms with E-state index in [-0.39, 0.29) is 11.7 Å². The molecule has 172 valence electrons. The highest BCUT2D eigenvalue weighted by Gasteiger charge is 2.28. The molecule has 0 N–H and O–H groups in total. The van der Waals surface area contributed by atoms with Crippen LogP contribution in [0, 0.1) is 6.92 Å². The first-order valence-corrected chi connectivity index (χ1v) is 11.4. The van der Waals surface area contributed by atoms with Crippen molar-refractivity contribution in [1.29, 1.82) is 0 Å². The molecule has 34 heavy (non-hydrogen) atoms. The molecule has 1 amide bonds. The molecule has 0 bridgehead atoms. The van der Waals surface area contributed by atoms with Crippen molar-refractivity contribution in [2.75, 3.05) is 38.2 Å². The van der Waals surface area contributed by atoms with Crippen LogP contribution < -0.4 is 15.3 Å². The van der Waals surface area contributed by atoms with Crippen LogP contribution in [0.15, 0.2) is 82.0 Å². The van der Waals surface area contributed by atoms with Crippen molar-refractivity contribution in [3.63, 3.8) is 0 Å². The monoisotopic (exact) mass is 454 g/mol. The lowest BCUT2D eigenvalue weighted by Crippen LogP contribution is -2.49. The molecule has 4 aromatic rings. The molecule has 5 rings (SSSR count). The van der Waals surface area contributed by atoms with Crippen LogP contribution in [0.3, 0.4) is 0 Å². The summed E-state index contributed by atoms with van der Waals surface area (Å²) >= 11 is 0. The zero-order valence-corrected chi connectivity index (χ0v) is 19.3. The normalized spacial score (nSPS) is 13.8. The fourth-order valence-corrected chi connectivity index (χ4v) is 4.46. The zero-order chi connectivity index (χ0) is 23.7. The summed E-state index contributed by atoms with van der Waals surface area (Å²) in [5.74, 6) is 0.658. The van der Waals surface area contributed by atoms with Gasteiger partial charge in [0, 0.05) is 42.8 Å². The van der Waals surface area contributed by atoms with Gasteiger partial charge >= 0.3 is 5.63 Å². The smallest absolute Gasteiger partial charge is 0.344 e. The van der Waals surface area contributed by atoms with Gasteiger partial charge in [-0.1, -0.05) is 48.0 Å². The van der Waals surface area contributed by atoms with Crippen LogP contribution in [0.2, 0.25) is 0 Å². The Hall–Kier alpha value is -4.06. The van der Waals surface area contributed by atoms with E-state index in [2.05, 4.69) is 4.90 Å². The number of rotatable bonds is 4. The van der Waals surface area contributed by atoms with Crippen molar-refractivity contribution in [1.82, 2.24) is 4.90 Å². The maximum Gasteiger partial charge on any atom is 0.344 e. The minimum atomic E-state index is -0.494. The molecule has 1 saturated heterocycles. The number of fused-ring (bicyclic) bond motifs is 1. The number of carbonyl (C=O) groups is 1. The van der Waals surface area contributed by atoms with Gasteiger partial charge < -0.3 is 19.0 Å². The first-order valence-electron chi connectivity index (χ1n) is 11.4. The lowest BCUT2D eigenvalue weighted by atomic mass is 9.97. The number of aryl methyl sites for hydroxylation is 1. The predicted octanol–water partition coefficient (Wildman–Crippen LogP) is 4.74. The van der Waals surface area contributed by atoms with Crippen LogP contribution in [-0.2, 0) is 0 Å². The third-order valence-corrected chi connectivity index (χ3v) is 6.38. The molecule has 0 spiro atoms. The highest BCUT2D eigenvalue weighted by atomic mass is 16.5. The van der Waals surface area contributed by atoms with Crippen molar-refractivity contribution >= 4 is 22.4 Å². The highest BCUT2D eigenvalue weighted by molar-refractivity contribution is 6.07. The molecule has 0 radical (unpaired) electrons. The van der Waals surface area contributed by atoms with Gasteiger partial charge in [-0.25, -0.2) is 4.79 Å². The number of hydrogen-bond acceptors (Lipinski definition) is 5. The third kappa shape index (κ3) is 4.03. The van der Waals surface area contributed by atoms with Crippen LogP contribution in [0.5, 0.6) is 5.75 Å². The fraction of sp³-hybridized carbons (Fsp3) is 0.214. The van der Waals surface area contributed by atoms with Gasteiger partial charge in [0.05, 0.1) is 12.5 Å². The highest BCUT2D eigenvalue weighted by Crippen LogP contribution is 2.32. The van der Waals surface area contributed by atoms with Crippen LogP contribution >= 0.6 is 0 Å². The van der Waals surface area contributed by atoms with Gasteiger partial charge in [-0.05, 0) is 42.8 Å². The molecular formula is C28H26N2O4. The lowest BCUT2D eigenvalue weighted by Gasteiger charge is -2.36. The summed E-state index contributed by atoms with van der Waals surface area (Å²) in [6.07, 6.45) is 0. The van der Waals surface area contributed by atoms with E-state index in [1.807, 2.05) is 67.6 Å². The molecule has 2 heterocycles. The van der Waals surface area contributed by atoms with Crippen LogP contribution in [-0.4, -0.2) is 44.1 Å². The Labute approximate surface area is 198 Å². The molecule has 0 unspecified atom stereocenters. The van der Waals surface area contributed by atoms with Crippen molar-refractivity contribution in [2.45, 2.75) is 6.92 Å². The van der Waals surface area contributed by atoms with Crippen LogP contribution in [0.4, 0.5) is 5.69 Å². The van der Waals surface area contributed by atoms with Crippen molar-refractivity contribution in [2.24, 2.45) is 0 Å². The zero-order valence-electron chi connectivity index (χ0n) is 19.3. The second kappa shape index (κ2) is 9.06. The van der Waals surface area contributed by atoms with Crippen molar-refractivity contribution in [3.8, 4) is 16.9 Å². The van der Waals surface area contributed by atoms with Gasteiger partial charge in [0.1, 0.15) is 5.75 Å². The van der Waals surface area contributed by atoms with Crippen LogP contribution in [0.25, 0.3) is 21.9 Å². The second-order valence-electron chi connectivity index (χ2n) is 8.48. The Morgan fingerprint density at radius 2 is 1.50 bits per heavy atom. The van der Waals surface area contributed by atoms with E-state index in [1.54, 1.807) is 24.1 Å². The van der Waals surface area contributed by atoms with Gasteiger partial charge in [-0.15, -0.1) is 0 Å². The van der Waals surface area contributed by atoms with E-state index in [0.717, 1.165) is 28.0 Å². The first kappa shape index (κ1) is 21.8. The molecule has 6 heteroatoms. The minimum Gasteiger partial charge on any atom is -0.497 e. The lowest BCUT2D eigenvalue weighted by molar-refractivity contribution is 0.0711. The molecule has 1 aromatic heterocycles. The number of amides is 1. The average molecular weight is 455 g/mol. The summed E-state index contributed by atoms with van der Waals surface area (Å²) in [5.41, 5.74) is 3.23. The van der Waals surface area contributed by atoms with E-state index < -0.39 is 5.63 Å². The molecular weight excluding hydrogens is 428 g/mol. The van der Waals surface area contributed by atoms with E-state index in [4.69, 9.17) is 9.15 Å². The Bertz CT molecular complexity index is 1380. The Balaban J connectivity index is 1.47. The van der Waals surface area contributed by atoms with Crippen LogP contribution in [0.1, 0.15) is 16.1 Å². The molecule has 3 aromatic carbocycles. The number of methoxy groups -OCH3 is 1. The molecule has 6 nitrogen and oxygen atoms in total. The quantitative estimate of drug-likeness (QED) is 0.446. The summed E-state index contributed by atoms with van der Waals surface area (Å²) in [6, 6.07) is 23.1. The standard InChI is InChI=1S/C28H26N2O4/c1-19-7-9-20(10-8-19)25-23-5-3-4-6-24(23)28(32)34-26(25)27(31)30-17-15-29(16-18-30)21-11-13-22(33-2)14-12-21/h3-14H,15-18H2,1-2H3. The Morgan fingerprint density at radius 1 is 0.853 bits per heavy atom. The molecule has 0 aliphatic carbocycles.